The first-order valence-electron chi connectivity index (χ1n) is 8.43. The van der Waals surface area contributed by atoms with E-state index in [1.54, 1.807) is 7.11 Å². The average Bonchev–Trinajstić information content (AvgIpc) is 2.69. The highest BCUT2D eigenvalue weighted by atomic mass is 127. The molecule has 0 aliphatic heterocycles. The maximum atomic E-state index is 13.1. The minimum absolute atomic E-state index is 0.00972. The van der Waals surface area contributed by atoms with E-state index in [2.05, 4.69) is 28.7 Å². The first-order valence-corrected chi connectivity index (χ1v) is 9.50. The van der Waals surface area contributed by atoms with Crippen LogP contribution < -0.4 is 9.64 Å². The van der Waals surface area contributed by atoms with E-state index in [0.717, 1.165) is 27.0 Å². The Balaban J connectivity index is 1.83. The molecule has 0 unspecified atom stereocenters. The maximum absolute atomic E-state index is 13.1. The number of anilines is 1. The second kappa shape index (κ2) is 8.85. The molecular weight excluding hydrogens is 437 g/mol. The van der Waals surface area contributed by atoms with Gasteiger partial charge in [-0.1, -0.05) is 30.3 Å². The molecule has 0 fully saturated rings. The van der Waals surface area contributed by atoms with Gasteiger partial charge in [-0.15, -0.1) is 0 Å². The Kier molecular flexibility index (Phi) is 6.28. The van der Waals surface area contributed by atoms with Crippen molar-refractivity contribution in [2.24, 2.45) is 0 Å². The number of carbonyl (C=O) groups is 1. The van der Waals surface area contributed by atoms with Gasteiger partial charge in [-0.2, -0.15) is 0 Å². The van der Waals surface area contributed by atoms with Gasteiger partial charge < -0.3 is 9.64 Å². The normalized spacial score (nSPS) is 10.4. The molecule has 3 rings (SSSR count). The number of carbonyl (C=O) groups excluding carboxylic acids is 1. The summed E-state index contributed by atoms with van der Waals surface area (Å²) in [5.41, 5.74) is 2.74. The molecule has 0 aliphatic rings. The summed E-state index contributed by atoms with van der Waals surface area (Å²) in [7, 11) is 1.66. The van der Waals surface area contributed by atoms with Gasteiger partial charge in [0.2, 0.25) is 0 Å². The Bertz CT molecular complexity index is 863. The van der Waals surface area contributed by atoms with Crippen LogP contribution in [0.3, 0.4) is 0 Å². The van der Waals surface area contributed by atoms with Crippen molar-refractivity contribution < 1.29 is 9.53 Å². The van der Waals surface area contributed by atoms with E-state index in [9.17, 15) is 4.79 Å². The van der Waals surface area contributed by atoms with E-state index in [1.165, 1.54) is 0 Å². The molecule has 0 radical (unpaired) electrons. The first-order chi connectivity index (χ1) is 12.7. The van der Waals surface area contributed by atoms with Gasteiger partial charge in [0.05, 0.1) is 7.11 Å². The van der Waals surface area contributed by atoms with Crippen LogP contribution in [0, 0.1) is 3.57 Å². The third-order valence-electron chi connectivity index (χ3n) is 4.16. The fourth-order valence-electron chi connectivity index (χ4n) is 2.77. The van der Waals surface area contributed by atoms with Crippen LogP contribution in [0.2, 0.25) is 0 Å². The largest absolute Gasteiger partial charge is 0.497 e. The predicted molar refractivity (Wildman–Crippen MR) is 114 cm³/mol. The van der Waals surface area contributed by atoms with Gasteiger partial charge in [-0.05, 0) is 83.1 Å². The summed E-state index contributed by atoms with van der Waals surface area (Å²) in [6, 6.07) is 25.4. The number of methoxy groups -OCH3 is 1. The number of nitrogens with zero attached hydrogens (tertiary/aromatic N) is 1. The molecule has 0 heterocycles. The number of benzene rings is 3. The summed E-state index contributed by atoms with van der Waals surface area (Å²) in [5.74, 6) is 0.841. The fraction of sp³-hybridized carbons (Fsp3) is 0.136. The molecule has 26 heavy (non-hydrogen) atoms. The second-order valence-corrected chi connectivity index (χ2v) is 7.15. The SMILES string of the molecule is COc1cccc(CCN(C(=O)c2ccc(I)cc2)c2ccccc2)c1. The number of hydrogen-bond acceptors (Lipinski definition) is 2. The second-order valence-electron chi connectivity index (χ2n) is 5.90. The van der Waals surface area contributed by atoms with Crippen LogP contribution in [0.15, 0.2) is 78.9 Å². The zero-order valence-electron chi connectivity index (χ0n) is 14.6. The third kappa shape index (κ3) is 4.64. The van der Waals surface area contributed by atoms with Gasteiger partial charge in [0.15, 0.2) is 0 Å². The molecule has 0 aliphatic carbocycles. The van der Waals surface area contributed by atoms with Crippen LogP contribution in [-0.4, -0.2) is 19.6 Å². The summed E-state index contributed by atoms with van der Waals surface area (Å²) < 4.78 is 6.41. The van der Waals surface area contributed by atoms with E-state index in [0.29, 0.717) is 12.1 Å². The van der Waals surface area contributed by atoms with Gasteiger partial charge >= 0.3 is 0 Å². The van der Waals surface area contributed by atoms with E-state index in [1.807, 2.05) is 77.7 Å². The van der Waals surface area contributed by atoms with Gasteiger partial charge in [0.25, 0.3) is 5.91 Å². The van der Waals surface area contributed by atoms with Crippen molar-refractivity contribution in [3.63, 3.8) is 0 Å². The monoisotopic (exact) mass is 457 g/mol. The first kappa shape index (κ1) is 18.5. The van der Waals surface area contributed by atoms with Crippen LogP contribution in [0.5, 0.6) is 5.75 Å². The Labute approximate surface area is 167 Å². The lowest BCUT2D eigenvalue weighted by Gasteiger charge is -2.23. The summed E-state index contributed by atoms with van der Waals surface area (Å²) in [5, 5.41) is 0. The minimum Gasteiger partial charge on any atom is -0.497 e. The lowest BCUT2D eigenvalue weighted by Crippen LogP contribution is -2.32. The molecule has 0 aromatic heterocycles. The summed E-state index contributed by atoms with van der Waals surface area (Å²) in [6.45, 7) is 0.599. The van der Waals surface area contributed by atoms with Crippen molar-refractivity contribution in [1.82, 2.24) is 0 Å². The van der Waals surface area contributed by atoms with E-state index in [-0.39, 0.29) is 5.91 Å². The Morgan fingerprint density at radius 2 is 1.69 bits per heavy atom. The number of ether oxygens (including phenoxy) is 1. The third-order valence-corrected chi connectivity index (χ3v) is 4.88. The highest BCUT2D eigenvalue weighted by Crippen LogP contribution is 2.20. The molecule has 4 heteroatoms. The van der Waals surface area contributed by atoms with Crippen molar-refractivity contribution in [3.8, 4) is 5.75 Å². The highest BCUT2D eigenvalue weighted by Gasteiger charge is 2.17. The van der Waals surface area contributed by atoms with Gasteiger partial charge in [-0.25, -0.2) is 0 Å². The molecule has 0 saturated heterocycles. The van der Waals surface area contributed by atoms with Crippen LogP contribution in [0.4, 0.5) is 5.69 Å². The molecule has 0 N–H and O–H groups in total. The molecule has 0 saturated carbocycles. The predicted octanol–water partition coefficient (Wildman–Crippen LogP) is 5.19. The van der Waals surface area contributed by atoms with Crippen molar-refractivity contribution in [2.45, 2.75) is 6.42 Å². The minimum atomic E-state index is 0.00972. The lowest BCUT2D eigenvalue weighted by atomic mass is 10.1. The molecule has 3 aromatic rings. The van der Waals surface area contributed by atoms with Crippen LogP contribution in [0.25, 0.3) is 0 Å². The van der Waals surface area contributed by atoms with Crippen LogP contribution in [-0.2, 0) is 6.42 Å². The van der Waals surface area contributed by atoms with Gasteiger partial charge in [0.1, 0.15) is 5.75 Å². The maximum Gasteiger partial charge on any atom is 0.258 e. The Morgan fingerprint density at radius 3 is 2.38 bits per heavy atom. The smallest absolute Gasteiger partial charge is 0.258 e. The van der Waals surface area contributed by atoms with Crippen molar-refractivity contribution in [1.29, 1.82) is 0 Å². The number of rotatable bonds is 6. The van der Waals surface area contributed by atoms with E-state index in [4.69, 9.17) is 4.74 Å². The van der Waals surface area contributed by atoms with Crippen LogP contribution >= 0.6 is 22.6 Å². The number of halogens is 1. The topological polar surface area (TPSA) is 29.5 Å². The zero-order chi connectivity index (χ0) is 18.4. The summed E-state index contributed by atoms with van der Waals surface area (Å²) in [4.78, 5) is 14.9. The van der Waals surface area contributed by atoms with Crippen LogP contribution in [0.1, 0.15) is 15.9 Å². The molecule has 0 bridgehead atoms. The quantitative estimate of drug-likeness (QED) is 0.477. The number of hydrogen-bond donors (Lipinski definition) is 0. The van der Waals surface area contributed by atoms with E-state index < -0.39 is 0 Å². The zero-order valence-corrected chi connectivity index (χ0v) is 16.7. The van der Waals surface area contributed by atoms with E-state index >= 15 is 0 Å². The van der Waals surface area contributed by atoms with Gasteiger partial charge in [0, 0.05) is 21.4 Å². The summed E-state index contributed by atoms with van der Waals surface area (Å²) >= 11 is 2.24. The molecular formula is C22H20INO2. The lowest BCUT2D eigenvalue weighted by molar-refractivity contribution is 0.0987. The summed E-state index contributed by atoms with van der Waals surface area (Å²) in [6.07, 6.45) is 0.752. The van der Waals surface area contributed by atoms with Crippen molar-refractivity contribution in [3.05, 3.63) is 93.6 Å². The number of para-hydroxylation sites is 1. The highest BCUT2D eigenvalue weighted by molar-refractivity contribution is 14.1. The average molecular weight is 457 g/mol. The Hall–Kier alpha value is -2.34. The molecule has 0 spiro atoms. The molecule has 0 atom stereocenters. The Morgan fingerprint density at radius 1 is 0.962 bits per heavy atom. The fourth-order valence-corrected chi connectivity index (χ4v) is 3.13. The molecule has 132 valence electrons. The standard InChI is InChI=1S/C22H20INO2/c1-26-21-9-5-6-17(16-21)14-15-24(20-7-3-2-4-8-20)22(25)18-10-12-19(23)13-11-18/h2-13,16H,14-15H2,1H3. The number of amides is 1. The van der Waals surface area contributed by atoms with Crippen molar-refractivity contribution in [2.75, 3.05) is 18.6 Å². The molecule has 1 amide bonds. The van der Waals surface area contributed by atoms with Gasteiger partial charge in [-0.3, -0.25) is 4.79 Å². The molecule has 3 aromatic carbocycles. The van der Waals surface area contributed by atoms with Crippen molar-refractivity contribution >= 4 is 34.2 Å². The molecule has 3 nitrogen and oxygen atoms in total.